The second-order valence-electron chi connectivity index (χ2n) is 8.51. The summed E-state index contributed by atoms with van der Waals surface area (Å²) in [7, 11) is 3.38. The average Bonchev–Trinajstić information content (AvgIpc) is 3.12. The maximum Gasteiger partial charge on any atom is 0.165 e. The van der Waals surface area contributed by atoms with Gasteiger partial charge >= 0.3 is 0 Å². The van der Waals surface area contributed by atoms with Crippen LogP contribution in [0.3, 0.4) is 0 Å². The van der Waals surface area contributed by atoms with Crippen molar-refractivity contribution in [3.8, 4) is 11.5 Å². The molecule has 1 N–H and O–H groups in total. The van der Waals surface area contributed by atoms with Crippen LogP contribution < -0.4 is 9.47 Å². The molecule has 2 atom stereocenters. The molecule has 2 aliphatic rings. The van der Waals surface area contributed by atoms with Gasteiger partial charge in [-0.05, 0) is 30.5 Å². The number of nitrogens with zero attached hydrogens (tertiary/aromatic N) is 2. The summed E-state index contributed by atoms with van der Waals surface area (Å²) in [4.78, 5) is 5.02. The normalized spacial score (nSPS) is 25.0. The molecule has 2 fully saturated rings. The molecule has 0 aliphatic carbocycles. The number of methoxy groups -OCH3 is 2. The highest BCUT2D eigenvalue weighted by atomic mass is 16.5. The molecule has 4 rings (SSSR count). The Bertz CT molecular complexity index is 813. The number of ether oxygens (including phenoxy) is 2. The van der Waals surface area contributed by atoms with Gasteiger partial charge in [0.05, 0.1) is 20.8 Å². The van der Waals surface area contributed by atoms with Gasteiger partial charge in [0, 0.05) is 43.7 Å². The lowest BCUT2D eigenvalue weighted by Crippen LogP contribution is -2.48. The molecule has 0 radical (unpaired) electrons. The van der Waals surface area contributed by atoms with E-state index in [9.17, 15) is 5.11 Å². The van der Waals surface area contributed by atoms with Gasteiger partial charge in [-0.1, -0.05) is 42.5 Å². The lowest BCUT2D eigenvalue weighted by Gasteiger charge is -2.42. The highest BCUT2D eigenvalue weighted by Crippen LogP contribution is 2.43. The molecule has 2 aromatic rings. The van der Waals surface area contributed by atoms with Crippen molar-refractivity contribution in [3.05, 3.63) is 59.7 Å². The van der Waals surface area contributed by atoms with Crippen molar-refractivity contribution in [1.29, 1.82) is 0 Å². The molecule has 2 aromatic carbocycles. The third-order valence-corrected chi connectivity index (χ3v) is 6.73. The summed E-state index contributed by atoms with van der Waals surface area (Å²) < 4.78 is 11.1. The summed E-state index contributed by atoms with van der Waals surface area (Å²) in [6.07, 6.45) is 1.03. The van der Waals surface area contributed by atoms with E-state index in [1.165, 1.54) is 5.56 Å². The summed E-state index contributed by atoms with van der Waals surface area (Å²) in [5.41, 5.74) is 2.53. The molecule has 0 spiro atoms. The predicted molar refractivity (Wildman–Crippen MR) is 114 cm³/mol. The van der Waals surface area contributed by atoms with E-state index in [-0.39, 0.29) is 12.0 Å². The maximum atomic E-state index is 10.3. The molecule has 29 heavy (non-hydrogen) atoms. The standard InChI is InChI=1S/C24H32N2O3/c1-28-22-10-6-9-20(23(22)29-2)14-25-12-11-24(18-27)17-26(16-21(24)15-25)13-19-7-4-3-5-8-19/h3-10,21,27H,11-18H2,1-2H3/t21-,24+/m0/s1. The highest BCUT2D eigenvalue weighted by molar-refractivity contribution is 5.46. The van der Waals surface area contributed by atoms with Gasteiger partial charge in [0.25, 0.3) is 0 Å². The first-order valence-electron chi connectivity index (χ1n) is 10.5. The highest BCUT2D eigenvalue weighted by Gasteiger charge is 2.48. The number of likely N-dealkylation sites (tertiary alicyclic amines) is 2. The molecule has 0 bridgehead atoms. The van der Waals surface area contributed by atoms with Gasteiger partial charge in [0.1, 0.15) is 0 Å². The molecule has 2 aliphatic heterocycles. The summed E-state index contributed by atoms with van der Waals surface area (Å²) in [6, 6.07) is 16.7. The topological polar surface area (TPSA) is 45.2 Å². The van der Waals surface area contributed by atoms with Gasteiger partial charge in [0.2, 0.25) is 0 Å². The first-order valence-corrected chi connectivity index (χ1v) is 10.5. The molecule has 0 unspecified atom stereocenters. The minimum atomic E-state index is 0.0315. The Balaban J connectivity index is 1.45. The van der Waals surface area contributed by atoms with Crippen LogP contribution in [0.25, 0.3) is 0 Å². The number of hydrogen-bond acceptors (Lipinski definition) is 5. The molecule has 0 saturated carbocycles. The van der Waals surface area contributed by atoms with E-state index < -0.39 is 0 Å². The molecule has 156 valence electrons. The minimum absolute atomic E-state index is 0.0315. The van der Waals surface area contributed by atoms with Crippen LogP contribution in [-0.4, -0.2) is 61.9 Å². The average molecular weight is 397 g/mol. The van der Waals surface area contributed by atoms with E-state index in [0.717, 1.165) is 62.8 Å². The van der Waals surface area contributed by atoms with Crippen molar-refractivity contribution < 1.29 is 14.6 Å². The third kappa shape index (κ3) is 4.13. The van der Waals surface area contributed by atoms with Crippen LogP contribution in [0.1, 0.15) is 17.5 Å². The van der Waals surface area contributed by atoms with E-state index in [1.807, 2.05) is 12.1 Å². The molecular weight excluding hydrogens is 364 g/mol. The van der Waals surface area contributed by atoms with Crippen molar-refractivity contribution in [3.63, 3.8) is 0 Å². The third-order valence-electron chi connectivity index (χ3n) is 6.73. The quantitative estimate of drug-likeness (QED) is 0.780. The van der Waals surface area contributed by atoms with E-state index in [4.69, 9.17) is 9.47 Å². The fourth-order valence-electron chi connectivity index (χ4n) is 5.15. The van der Waals surface area contributed by atoms with E-state index in [1.54, 1.807) is 14.2 Å². The van der Waals surface area contributed by atoms with Crippen molar-refractivity contribution in [2.75, 3.05) is 47.0 Å². The smallest absolute Gasteiger partial charge is 0.165 e. The van der Waals surface area contributed by atoms with Crippen LogP contribution in [0.4, 0.5) is 0 Å². The number of hydrogen-bond donors (Lipinski definition) is 1. The Morgan fingerprint density at radius 1 is 0.966 bits per heavy atom. The lowest BCUT2D eigenvalue weighted by molar-refractivity contribution is 0.0157. The summed E-state index contributed by atoms with van der Waals surface area (Å²) in [6.45, 7) is 6.11. The molecule has 0 amide bonds. The fourth-order valence-corrected chi connectivity index (χ4v) is 5.15. The van der Waals surface area contributed by atoms with Crippen LogP contribution in [0, 0.1) is 11.3 Å². The van der Waals surface area contributed by atoms with Crippen molar-refractivity contribution in [1.82, 2.24) is 9.80 Å². The van der Waals surface area contributed by atoms with E-state index in [2.05, 4.69) is 46.2 Å². The fraction of sp³-hybridized carbons (Fsp3) is 0.500. The lowest BCUT2D eigenvalue weighted by atomic mass is 9.73. The van der Waals surface area contributed by atoms with Crippen LogP contribution in [-0.2, 0) is 13.1 Å². The maximum absolute atomic E-state index is 10.3. The van der Waals surface area contributed by atoms with Crippen LogP contribution in [0.5, 0.6) is 11.5 Å². The van der Waals surface area contributed by atoms with E-state index >= 15 is 0 Å². The van der Waals surface area contributed by atoms with Crippen LogP contribution in [0.15, 0.2) is 48.5 Å². The number of aliphatic hydroxyl groups excluding tert-OH is 1. The first kappa shape index (κ1) is 20.2. The zero-order valence-corrected chi connectivity index (χ0v) is 17.5. The van der Waals surface area contributed by atoms with Crippen LogP contribution in [0.2, 0.25) is 0 Å². The van der Waals surface area contributed by atoms with Gasteiger partial charge in [-0.25, -0.2) is 0 Å². The van der Waals surface area contributed by atoms with E-state index in [0.29, 0.717) is 5.92 Å². The largest absolute Gasteiger partial charge is 0.493 e. The second kappa shape index (κ2) is 8.74. The van der Waals surface area contributed by atoms with Gasteiger partial charge in [-0.3, -0.25) is 9.80 Å². The van der Waals surface area contributed by atoms with Crippen molar-refractivity contribution in [2.24, 2.45) is 11.3 Å². The molecule has 2 heterocycles. The summed E-state index contributed by atoms with van der Waals surface area (Å²) >= 11 is 0. The van der Waals surface area contributed by atoms with Gasteiger partial charge in [0.15, 0.2) is 11.5 Å². The van der Waals surface area contributed by atoms with Gasteiger partial charge in [-0.15, -0.1) is 0 Å². The van der Waals surface area contributed by atoms with Crippen molar-refractivity contribution >= 4 is 0 Å². The van der Waals surface area contributed by atoms with Crippen LogP contribution >= 0.6 is 0 Å². The Morgan fingerprint density at radius 2 is 1.76 bits per heavy atom. The number of rotatable bonds is 7. The number of benzene rings is 2. The first-order chi connectivity index (χ1) is 14.2. The van der Waals surface area contributed by atoms with Gasteiger partial charge in [-0.2, -0.15) is 0 Å². The zero-order valence-electron chi connectivity index (χ0n) is 17.5. The van der Waals surface area contributed by atoms with Crippen molar-refractivity contribution in [2.45, 2.75) is 19.5 Å². The van der Waals surface area contributed by atoms with Gasteiger partial charge < -0.3 is 14.6 Å². The Hall–Kier alpha value is -2.08. The molecule has 2 saturated heterocycles. The summed E-state index contributed by atoms with van der Waals surface area (Å²) in [5, 5.41) is 10.3. The number of fused-ring (bicyclic) bond motifs is 1. The SMILES string of the molecule is COc1cccc(CN2CC[C@]3(CO)CN(Cc4ccccc4)C[C@@H]3C2)c1OC. The Morgan fingerprint density at radius 3 is 2.48 bits per heavy atom. The Kier molecular flexibility index (Phi) is 6.09. The summed E-state index contributed by atoms with van der Waals surface area (Å²) in [5.74, 6) is 2.09. The number of aliphatic hydroxyl groups is 1. The minimum Gasteiger partial charge on any atom is -0.493 e. The zero-order chi connectivity index (χ0) is 20.3. The molecular formula is C24H32N2O3. The molecule has 5 heteroatoms. The Labute approximate surface area is 173 Å². The predicted octanol–water partition coefficient (Wildman–Crippen LogP) is 3.02. The number of piperidine rings is 1. The molecule has 5 nitrogen and oxygen atoms in total. The second-order valence-corrected chi connectivity index (χ2v) is 8.51. The monoisotopic (exact) mass is 396 g/mol. The molecule has 0 aromatic heterocycles. The number of para-hydroxylation sites is 1.